The van der Waals surface area contributed by atoms with E-state index in [1.165, 1.54) is 0 Å². The summed E-state index contributed by atoms with van der Waals surface area (Å²) in [5.74, 6) is 0. The third kappa shape index (κ3) is 3.92. The molecular formula is C4H9NO. The number of nitrogens with one attached hydrogen (secondary N) is 1. The highest BCUT2D eigenvalue weighted by molar-refractivity contribution is 4.37. The van der Waals surface area contributed by atoms with Crippen LogP contribution in [0.3, 0.4) is 0 Å². The molecule has 0 amide bonds. The Morgan fingerprint density at radius 1 is 1.67 bits per heavy atom. The van der Waals surface area contributed by atoms with E-state index in [-0.39, 0.29) is 0 Å². The Balaban J connectivity index is 2.34. The van der Waals surface area contributed by atoms with Gasteiger partial charge < -0.3 is 10.1 Å². The fraction of sp³-hybridized carbons (Fsp3) is 0.500. The summed E-state index contributed by atoms with van der Waals surface area (Å²) in [6.45, 7) is 1.40. The molecule has 0 aliphatic rings. The van der Waals surface area contributed by atoms with Gasteiger partial charge in [-0.2, -0.15) is 0 Å². The van der Waals surface area contributed by atoms with Gasteiger partial charge in [0.15, 0.2) is 0 Å². The van der Waals surface area contributed by atoms with Gasteiger partial charge in [0.1, 0.15) is 0 Å². The number of ether oxygens (including phenoxy) is 1. The third-order valence-electron chi connectivity index (χ3n) is 0.423. The lowest BCUT2D eigenvalue weighted by atomic mass is 10.7. The largest absolute Gasteiger partial charge is 0.378 e. The minimum Gasteiger partial charge on any atom is -0.378 e. The smallest absolute Gasteiger partial charge is 0.0701 e. The van der Waals surface area contributed by atoms with Crippen LogP contribution >= 0.6 is 0 Å². The van der Waals surface area contributed by atoms with Crippen LogP contribution in [-0.4, -0.2) is 13.2 Å². The van der Waals surface area contributed by atoms with Crippen LogP contribution in [0.1, 0.15) is 0 Å². The van der Waals surface area contributed by atoms with Crippen LogP contribution in [0.2, 0.25) is 0 Å². The summed E-state index contributed by atoms with van der Waals surface area (Å²) in [7, 11) is 6.52. The van der Waals surface area contributed by atoms with Gasteiger partial charge in [0, 0.05) is 13.6 Å². The number of rotatable bonds is 3. The molecule has 0 saturated carbocycles. The maximum atomic E-state index is 4.43. The van der Waals surface area contributed by atoms with Crippen molar-refractivity contribution in [2.24, 2.45) is 0 Å². The van der Waals surface area contributed by atoms with E-state index in [2.05, 4.69) is 24.2 Å². The number of hydrogen-bond donors (Lipinski definition) is 1. The van der Waals surface area contributed by atoms with E-state index in [0.29, 0.717) is 6.61 Å². The standard InChI is InChI=1S/C4H9NO/c1-5-3-4-6-2/h5H,1-4H2. The first kappa shape index (κ1) is 5.92. The lowest BCUT2D eigenvalue weighted by Gasteiger charge is -1.91. The van der Waals surface area contributed by atoms with E-state index in [1.54, 1.807) is 0 Å². The normalized spacial score (nSPS) is 9.00. The fourth-order valence-electron chi connectivity index (χ4n) is 0.144. The van der Waals surface area contributed by atoms with Crippen LogP contribution in [0, 0.1) is 14.2 Å². The highest BCUT2D eigenvalue weighted by atomic mass is 16.5. The fourth-order valence-corrected chi connectivity index (χ4v) is 0.144. The molecule has 0 rings (SSSR count). The molecule has 0 aromatic carbocycles. The van der Waals surface area contributed by atoms with E-state index in [4.69, 9.17) is 0 Å². The molecule has 0 atom stereocenters. The highest BCUT2D eigenvalue weighted by Gasteiger charge is 1.72. The molecule has 36 valence electrons. The molecule has 0 aromatic heterocycles. The molecule has 0 saturated heterocycles. The Hall–Kier alpha value is -0.0800. The summed E-state index contributed by atoms with van der Waals surface area (Å²) in [5, 5.41) is 2.65. The SMILES string of the molecule is [CH2]NCCO[CH2]. The van der Waals surface area contributed by atoms with E-state index < -0.39 is 0 Å². The summed E-state index contributed by atoms with van der Waals surface area (Å²) >= 11 is 0. The average Bonchev–Trinajstić information content (AvgIpc) is 1.61. The Bertz CT molecular complexity index is 19.5. The Labute approximate surface area is 38.5 Å². The van der Waals surface area contributed by atoms with Crippen molar-refractivity contribution in [3.63, 3.8) is 0 Å². The summed E-state index contributed by atoms with van der Waals surface area (Å²) in [6.07, 6.45) is 0. The van der Waals surface area contributed by atoms with Gasteiger partial charge in [0.05, 0.1) is 13.7 Å². The Morgan fingerprint density at radius 2 is 2.33 bits per heavy atom. The van der Waals surface area contributed by atoms with Crippen molar-refractivity contribution in [2.75, 3.05) is 13.2 Å². The molecule has 2 heteroatoms. The second-order valence-corrected chi connectivity index (χ2v) is 0.908. The van der Waals surface area contributed by atoms with Crippen LogP contribution in [0.15, 0.2) is 0 Å². The summed E-state index contributed by atoms with van der Waals surface area (Å²) in [5.41, 5.74) is 0. The van der Waals surface area contributed by atoms with Gasteiger partial charge in [0.25, 0.3) is 0 Å². The zero-order valence-electron chi connectivity index (χ0n) is 3.74. The molecule has 2 nitrogen and oxygen atoms in total. The van der Waals surface area contributed by atoms with Gasteiger partial charge in [-0.1, -0.05) is 0 Å². The molecule has 1 N–H and O–H groups in total. The molecule has 0 aliphatic heterocycles. The number of hydrogen-bond acceptors (Lipinski definition) is 2. The Kier molecular flexibility index (Phi) is 4.85. The molecule has 0 spiro atoms. The zero-order chi connectivity index (χ0) is 4.83. The van der Waals surface area contributed by atoms with Crippen LogP contribution in [0.4, 0.5) is 0 Å². The molecule has 0 bridgehead atoms. The van der Waals surface area contributed by atoms with Crippen LogP contribution < -0.4 is 5.32 Å². The minimum absolute atomic E-state index is 0.628. The highest BCUT2D eigenvalue weighted by Crippen LogP contribution is 1.61. The van der Waals surface area contributed by atoms with Crippen molar-refractivity contribution < 1.29 is 4.74 Å². The summed E-state index contributed by atoms with van der Waals surface area (Å²) < 4.78 is 4.43. The van der Waals surface area contributed by atoms with E-state index in [1.807, 2.05) is 0 Å². The predicted molar refractivity (Wildman–Crippen MR) is 24.7 cm³/mol. The lowest BCUT2D eigenvalue weighted by Crippen LogP contribution is -2.09. The lowest BCUT2D eigenvalue weighted by molar-refractivity contribution is 0.246. The summed E-state index contributed by atoms with van der Waals surface area (Å²) in [4.78, 5) is 0. The zero-order valence-corrected chi connectivity index (χ0v) is 3.74. The molecule has 0 aliphatic carbocycles. The maximum absolute atomic E-state index is 4.43. The van der Waals surface area contributed by atoms with Crippen molar-refractivity contribution in [3.05, 3.63) is 14.2 Å². The molecule has 0 fully saturated rings. The first-order valence-electron chi connectivity index (χ1n) is 1.78. The molecular weight excluding hydrogens is 78.0 g/mol. The average molecular weight is 87.1 g/mol. The van der Waals surface area contributed by atoms with Crippen LogP contribution in [0.5, 0.6) is 0 Å². The van der Waals surface area contributed by atoms with E-state index in [0.717, 1.165) is 6.54 Å². The van der Waals surface area contributed by atoms with Crippen molar-refractivity contribution in [1.82, 2.24) is 5.32 Å². The van der Waals surface area contributed by atoms with Crippen molar-refractivity contribution in [2.45, 2.75) is 0 Å². The maximum Gasteiger partial charge on any atom is 0.0701 e. The van der Waals surface area contributed by atoms with E-state index >= 15 is 0 Å². The minimum atomic E-state index is 0.628. The van der Waals surface area contributed by atoms with Crippen molar-refractivity contribution >= 4 is 0 Å². The molecule has 0 heterocycles. The second-order valence-electron chi connectivity index (χ2n) is 0.908. The third-order valence-corrected chi connectivity index (χ3v) is 0.423. The molecule has 6 heavy (non-hydrogen) atoms. The quantitative estimate of drug-likeness (QED) is 0.496. The van der Waals surface area contributed by atoms with Crippen molar-refractivity contribution in [1.29, 1.82) is 0 Å². The monoisotopic (exact) mass is 87.1 g/mol. The Morgan fingerprint density at radius 3 is 2.50 bits per heavy atom. The molecule has 0 aromatic rings. The van der Waals surface area contributed by atoms with Gasteiger partial charge >= 0.3 is 0 Å². The van der Waals surface area contributed by atoms with Crippen LogP contribution in [0.25, 0.3) is 0 Å². The predicted octanol–water partition coefficient (Wildman–Crippen LogP) is 0.176. The molecule has 0 unspecified atom stereocenters. The topological polar surface area (TPSA) is 21.3 Å². The first-order chi connectivity index (χ1) is 2.91. The van der Waals surface area contributed by atoms with Gasteiger partial charge in [0.2, 0.25) is 0 Å². The first-order valence-corrected chi connectivity index (χ1v) is 1.78. The van der Waals surface area contributed by atoms with Gasteiger partial charge in [-0.3, -0.25) is 0 Å². The van der Waals surface area contributed by atoms with Gasteiger partial charge in [-0.05, 0) is 0 Å². The van der Waals surface area contributed by atoms with Crippen molar-refractivity contribution in [3.8, 4) is 0 Å². The van der Waals surface area contributed by atoms with Gasteiger partial charge in [-0.15, -0.1) is 0 Å². The second kappa shape index (κ2) is 4.92. The summed E-state index contributed by atoms with van der Waals surface area (Å²) in [6, 6.07) is 0. The van der Waals surface area contributed by atoms with Crippen LogP contribution in [-0.2, 0) is 4.74 Å². The van der Waals surface area contributed by atoms with E-state index in [9.17, 15) is 0 Å². The molecule has 2 radical (unpaired) electrons. The van der Waals surface area contributed by atoms with Gasteiger partial charge in [-0.25, -0.2) is 0 Å².